The molecule has 0 unspecified atom stereocenters. The summed E-state index contributed by atoms with van der Waals surface area (Å²) in [7, 11) is -3.21. The summed E-state index contributed by atoms with van der Waals surface area (Å²) in [6, 6.07) is 12.3. The van der Waals surface area contributed by atoms with Crippen molar-refractivity contribution in [3.05, 3.63) is 42.5 Å². The van der Waals surface area contributed by atoms with E-state index in [-0.39, 0.29) is 10.8 Å². The van der Waals surface area contributed by atoms with Gasteiger partial charge in [0.05, 0.1) is 5.75 Å². The van der Waals surface area contributed by atoms with E-state index in [1.54, 1.807) is 25.1 Å². The zero-order chi connectivity index (χ0) is 12.3. The number of H-pyrrole nitrogens is 1. The van der Waals surface area contributed by atoms with Crippen molar-refractivity contribution in [2.24, 2.45) is 0 Å². The molecule has 0 aliphatic carbocycles. The van der Waals surface area contributed by atoms with Crippen LogP contribution in [0.3, 0.4) is 0 Å². The van der Waals surface area contributed by atoms with Crippen LogP contribution in [0.2, 0.25) is 0 Å². The number of hydrogen-bond acceptors (Lipinski definition) is 3. The molecule has 0 atom stereocenters. The maximum atomic E-state index is 11.6. The molecule has 17 heavy (non-hydrogen) atoms. The largest absolute Gasteiger partial charge is 0.441 e. The van der Waals surface area contributed by atoms with E-state index in [4.69, 9.17) is 4.74 Å². The molecule has 0 saturated carbocycles. The molecule has 0 aliphatic rings. The van der Waals surface area contributed by atoms with Gasteiger partial charge in [-0.2, -0.15) is 0 Å². The maximum Gasteiger partial charge on any atom is 0.198 e. The van der Waals surface area contributed by atoms with Crippen LogP contribution in [0, 0.1) is 0 Å². The van der Waals surface area contributed by atoms with Gasteiger partial charge in [-0.3, -0.25) is 0 Å². The van der Waals surface area contributed by atoms with Gasteiger partial charge in [-0.05, 0) is 18.2 Å². The number of para-hydroxylation sites is 1. The minimum absolute atomic E-state index is 0.0677. The van der Waals surface area contributed by atoms with Crippen molar-refractivity contribution < 1.29 is 13.2 Å². The lowest BCUT2D eigenvalue weighted by molar-refractivity contribution is 0.462. The number of ether oxygens (including phenoxy) is 1. The summed E-state index contributed by atoms with van der Waals surface area (Å²) >= 11 is 0. The summed E-state index contributed by atoms with van der Waals surface area (Å²) in [6.07, 6.45) is 0. The Bertz CT molecular complexity index is 587. The number of benzene rings is 1. The van der Waals surface area contributed by atoms with Gasteiger partial charge in [0.25, 0.3) is 0 Å². The van der Waals surface area contributed by atoms with Crippen molar-refractivity contribution >= 4 is 9.84 Å². The number of aromatic amines is 1. The van der Waals surface area contributed by atoms with Crippen LogP contribution in [0.15, 0.2) is 47.5 Å². The second-order valence-electron chi connectivity index (χ2n) is 3.51. The molecule has 0 aliphatic heterocycles. The standard InChI is InChI=1S/C12H13NO3S/c1-2-17(14,15)12-9-8-11(13-12)16-10-6-4-3-5-7-10/h3-9,13H,2H2,1H3. The van der Waals surface area contributed by atoms with E-state index in [1.165, 1.54) is 6.07 Å². The Balaban J connectivity index is 2.20. The highest BCUT2D eigenvalue weighted by atomic mass is 32.2. The molecule has 0 saturated heterocycles. The summed E-state index contributed by atoms with van der Waals surface area (Å²) in [6.45, 7) is 1.61. The van der Waals surface area contributed by atoms with Crippen molar-refractivity contribution in [3.63, 3.8) is 0 Å². The second kappa shape index (κ2) is 4.63. The fourth-order valence-corrected chi connectivity index (χ4v) is 2.21. The summed E-state index contributed by atoms with van der Waals surface area (Å²) in [4.78, 5) is 2.74. The van der Waals surface area contributed by atoms with Crippen LogP contribution >= 0.6 is 0 Å². The Kier molecular flexibility index (Phi) is 3.19. The highest BCUT2D eigenvalue weighted by Crippen LogP contribution is 2.22. The number of aromatic nitrogens is 1. The highest BCUT2D eigenvalue weighted by molar-refractivity contribution is 7.91. The first-order chi connectivity index (χ1) is 8.12. The molecule has 1 heterocycles. The molecule has 0 fully saturated rings. The molecule has 4 nitrogen and oxygen atoms in total. The van der Waals surface area contributed by atoms with Gasteiger partial charge < -0.3 is 9.72 Å². The number of hydrogen-bond donors (Lipinski definition) is 1. The zero-order valence-electron chi connectivity index (χ0n) is 9.38. The highest BCUT2D eigenvalue weighted by Gasteiger charge is 2.14. The van der Waals surface area contributed by atoms with Crippen LogP contribution in [-0.2, 0) is 9.84 Å². The monoisotopic (exact) mass is 251 g/mol. The molecule has 1 N–H and O–H groups in total. The van der Waals surface area contributed by atoms with Crippen molar-refractivity contribution in [2.45, 2.75) is 11.9 Å². The second-order valence-corrected chi connectivity index (χ2v) is 5.75. The molecule has 0 amide bonds. The molecule has 5 heteroatoms. The molecule has 0 bridgehead atoms. The zero-order valence-corrected chi connectivity index (χ0v) is 10.2. The lowest BCUT2D eigenvalue weighted by atomic mass is 10.3. The maximum absolute atomic E-state index is 11.6. The quantitative estimate of drug-likeness (QED) is 0.908. The fourth-order valence-electron chi connectivity index (χ4n) is 1.37. The summed E-state index contributed by atoms with van der Waals surface area (Å²) < 4.78 is 28.6. The van der Waals surface area contributed by atoms with Crippen molar-refractivity contribution in [3.8, 4) is 11.6 Å². The van der Waals surface area contributed by atoms with Gasteiger partial charge >= 0.3 is 0 Å². The van der Waals surface area contributed by atoms with Crippen LogP contribution in [0.5, 0.6) is 11.6 Å². The van der Waals surface area contributed by atoms with E-state index < -0.39 is 9.84 Å². The van der Waals surface area contributed by atoms with Crippen LogP contribution in [0.1, 0.15) is 6.92 Å². The molecule has 90 valence electrons. The van der Waals surface area contributed by atoms with Crippen molar-refractivity contribution in [1.82, 2.24) is 4.98 Å². The van der Waals surface area contributed by atoms with E-state index >= 15 is 0 Å². The Labute approximate surface area is 100 Å². The van der Waals surface area contributed by atoms with Crippen molar-refractivity contribution in [1.29, 1.82) is 0 Å². The van der Waals surface area contributed by atoms with Gasteiger partial charge in [0.2, 0.25) is 0 Å². The number of sulfone groups is 1. The first-order valence-electron chi connectivity index (χ1n) is 5.26. The molecule has 2 rings (SSSR count). The number of rotatable bonds is 4. The summed E-state index contributed by atoms with van der Waals surface area (Å²) in [5.74, 6) is 1.15. The van der Waals surface area contributed by atoms with Gasteiger partial charge in [0.1, 0.15) is 10.8 Å². The third-order valence-corrected chi connectivity index (χ3v) is 3.99. The summed E-state index contributed by atoms with van der Waals surface area (Å²) in [5, 5.41) is 0.186. The predicted octanol–water partition coefficient (Wildman–Crippen LogP) is 2.60. The Morgan fingerprint density at radius 1 is 1.12 bits per heavy atom. The minimum atomic E-state index is -3.21. The topological polar surface area (TPSA) is 59.2 Å². The van der Waals surface area contributed by atoms with E-state index in [1.807, 2.05) is 18.2 Å². The van der Waals surface area contributed by atoms with Crippen LogP contribution in [-0.4, -0.2) is 19.2 Å². The lowest BCUT2D eigenvalue weighted by Gasteiger charge is -2.02. The summed E-state index contributed by atoms with van der Waals surface area (Å²) in [5.41, 5.74) is 0. The molecule has 0 spiro atoms. The van der Waals surface area contributed by atoms with Gasteiger partial charge in [-0.1, -0.05) is 25.1 Å². The molecule has 1 aromatic heterocycles. The average Bonchev–Trinajstić information content (AvgIpc) is 2.80. The molecular weight excluding hydrogens is 238 g/mol. The lowest BCUT2D eigenvalue weighted by Crippen LogP contribution is -2.03. The van der Waals surface area contributed by atoms with Gasteiger partial charge in [0.15, 0.2) is 15.7 Å². The first kappa shape index (κ1) is 11.7. The van der Waals surface area contributed by atoms with Gasteiger partial charge in [0, 0.05) is 6.07 Å². The Morgan fingerprint density at radius 2 is 1.82 bits per heavy atom. The predicted molar refractivity (Wildman–Crippen MR) is 65.0 cm³/mol. The van der Waals surface area contributed by atoms with Crippen LogP contribution in [0.25, 0.3) is 0 Å². The SMILES string of the molecule is CCS(=O)(=O)c1ccc(Oc2ccccc2)[nH]1. The molecule has 2 aromatic rings. The minimum Gasteiger partial charge on any atom is -0.441 e. The molecular formula is C12H13NO3S. The average molecular weight is 251 g/mol. The van der Waals surface area contributed by atoms with E-state index in [0.717, 1.165) is 0 Å². The third-order valence-electron chi connectivity index (χ3n) is 2.32. The van der Waals surface area contributed by atoms with E-state index in [2.05, 4.69) is 4.98 Å². The van der Waals surface area contributed by atoms with E-state index in [9.17, 15) is 8.42 Å². The Morgan fingerprint density at radius 3 is 2.47 bits per heavy atom. The molecule has 0 radical (unpaired) electrons. The first-order valence-corrected chi connectivity index (χ1v) is 6.92. The van der Waals surface area contributed by atoms with Gasteiger partial charge in [-0.15, -0.1) is 0 Å². The smallest absolute Gasteiger partial charge is 0.198 e. The normalized spacial score (nSPS) is 11.4. The van der Waals surface area contributed by atoms with E-state index in [0.29, 0.717) is 11.6 Å². The van der Waals surface area contributed by atoms with Crippen molar-refractivity contribution in [2.75, 3.05) is 5.75 Å². The Hall–Kier alpha value is -1.75. The number of nitrogens with one attached hydrogen (secondary N) is 1. The van der Waals surface area contributed by atoms with Crippen LogP contribution in [0.4, 0.5) is 0 Å². The third kappa shape index (κ3) is 2.68. The van der Waals surface area contributed by atoms with Gasteiger partial charge in [-0.25, -0.2) is 8.42 Å². The molecule has 1 aromatic carbocycles. The fraction of sp³-hybridized carbons (Fsp3) is 0.167. The van der Waals surface area contributed by atoms with Crippen LogP contribution < -0.4 is 4.74 Å².